The molecule has 0 aliphatic heterocycles. The molecule has 35 heavy (non-hydrogen) atoms. The maximum absolute atomic E-state index is 2.32. The minimum absolute atomic E-state index is 1.13. The van der Waals surface area contributed by atoms with E-state index in [9.17, 15) is 0 Å². The summed E-state index contributed by atoms with van der Waals surface area (Å²) in [4.78, 5) is 2.32. The number of rotatable bonds is 6. The average Bonchev–Trinajstić information content (AvgIpc) is 2.91. The van der Waals surface area contributed by atoms with Gasteiger partial charge in [-0.05, 0) is 78.6 Å². The summed E-state index contributed by atoms with van der Waals surface area (Å²) in [5.41, 5.74) is 10.7. The van der Waals surface area contributed by atoms with Gasteiger partial charge in [-0.1, -0.05) is 108 Å². The van der Waals surface area contributed by atoms with E-state index in [1.54, 1.807) is 0 Å². The highest BCUT2D eigenvalue weighted by Crippen LogP contribution is 2.36. The lowest BCUT2D eigenvalue weighted by Crippen LogP contribution is -2.10. The lowest BCUT2D eigenvalue weighted by atomic mass is 9.95. The van der Waals surface area contributed by atoms with Gasteiger partial charge in [0.05, 0.1) is 0 Å². The zero-order valence-corrected chi connectivity index (χ0v) is 20.2. The molecule has 1 nitrogen and oxygen atoms in total. The Morgan fingerprint density at radius 2 is 0.971 bits per heavy atom. The highest BCUT2D eigenvalue weighted by Gasteiger charge is 2.13. The average molecular weight is 452 g/mol. The maximum atomic E-state index is 2.32. The van der Waals surface area contributed by atoms with Crippen LogP contribution in [0.3, 0.4) is 0 Å². The number of benzene rings is 5. The van der Waals surface area contributed by atoms with Crippen LogP contribution in [0.1, 0.15) is 27.8 Å². The molecule has 0 bridgehead atoms. The molecule has 1 heteroatoms. The molecule has 0 fully saturated rings. The normalized spacial score (nSPS) is 10.6. The molecule has 5 aromatic rings. The van der Waals surface area contributed by atoms with Crippen molar-refractivity contribution < 1.29 is 0 Å². The third kappa shape index (κ3) is 5.26. The standard InChI is InChI=1S/C34H29N/c1-26-16-20-31(21-17-26)35(32-22-18-27(2)19-23-32)33-15-9-10-28(24-33)25-34(29-11-5-3-6-12-29)30-13-7-4-8-14-30/h3-25H,1-2H3. The quantitative estimate of drug-likeness (QED) is 0.232. The summed E-state index contributed by atoms with van der Waals surface area (Å²) in [7, 11) is 0. The molecule has 0 atom stereocenters. The van der Waals surface area contributed by atoms with Crippen molar-refractivity contribution in [2.24, 2.45) is 0 Å². The van der Waals surface area contributed by atoms with E-state index in [0.717, 1.165) is 22.6 Å². The Bertz CT molecular complexity index is 1330. The van der Waals surface area contributed by atoms with Crippen LogP contribution in [-0.4, -0.2) is 0 Å². The fraction of sp³-hybridized carbons (Fsp3) is 0.0588. The zero-order chi connectivity index (χ0) is 24.0. The SMILES string of the molecule is Cc1ccc(N(c2ccc(C)cc2)c2cccc(C=C(c3ccccc3)c3ccccc3)c2)cc1. The molecule has 0 amide bonds. The first-order valence-corrected chi connectivity index (χ1v) is 12.0. The van der Waals surface area contributed by atoms with Crippen LogP contribution in [0.15, 0.2) is 133 Å². The van der Waals surface area contributed by atoms with Gasteiger partial charge < -0.3 is 4.90 Å². The van der Waals surface area contributed by atoms with Crippen LogP contribution in [0.25, 0.3) is 11.6 Å². The van der Waals surface area contributed by atoms with Gasteiger partial charge in [0.2, 0.25) is 0 Å². The van der Waals surface area contributed by atoms with Crippen molar-refractivity contribution in [1.29, 1.82) is 0 Å². The molecule has 5 aromatic carbocycles. The number of aryl methyl sites for hydroxylation is 2. The van der Waals surface area contributed by atoms with Gasteiger partial charge in [0.1, 0.15) is 0 Å². The number of hydrogen-bond donors (Lipinski definition) is 0. The summed E-state index contributed by atoms with van der Waals surface area (Å²) < 4.78 is 0. The molecular weight excluding hydrogens is 422 g/mol. The summed E-state index contributed by atoms with van der Waals surface area (Å²) in [5, 5.41) is 0. The van der Waals surface area contributed by atoms with E-state index in [1.807, 2.05) is 0 Å². The monoisotopic (exact) mass is 451 g/mol. The molecule has 5 rings (SSSR count). The molecule has 0 saturated heterocycles. The van der Waals surface area contributed by atoms with Crippen LogP contribution < -0.4 is 4.90 Å². The van der Waals surface area contributed by atoms with E-state index < -0.39 is 0 Å². The minimum Gasteiger partial charge on any atom is -0.310 e. The van der Waals surface area contributed by atoms with Gasteiger partial charge in [0.25, 0.3) is 0 Å². The van der Waals surface area contributed by atoms with Gasteiger partial charge in [-0.2, -0.15) is 0 Å². The van der Waals surface area contributed by atoms with Crippen molar-refractivity contribution in [3.05, 3.63) is 161 Å². The van der Waals surface area contributed by atoms with Gasteiger partial charge in [-0.15, -0.1) is 0 Å². The van der Waals surface area contributed by atoms with Crippen LogP contribution >= 0.6 is 0 Å². The Balaban J connectivity index is 1.62. The molecule has 0 spiro atoms. The second-order valence-electron chi connectivity index (χ2n) is 8.89. The van der Waals surface area contributed by atoms with Crippen molar-refractivity contribution in [3.63, 3.8) is 0 Å². The fourth-order valence-corrected chi connectivity index (χ4v) is 4.32. The van der Waals surface area contributed by atoms with Crippen LogP contribution in [0.2, 0.25) is 0 Å². The van der Waals surface area contributed by atoms with Crippen molar-refractivity contribution in [2.45, 2.75) is 13.8 Å². The summed E-state index contributed by atoms with van der Waals surface area (Å²) in [5.74, 6) is 0. The summed E-state index contributed by atoms with van der Waals surface area (Å²) in [6, 6.07) is 47.4. The molecule has 0 saturated carbocycles. The van der Waals surface area contributed by atoms with Crippen LogP contribution in [0, 0.1) is 13.8 Å². The Kier molecular flexibility index (Phi) is 6.59. The van der Waals surface area contributed by atoms with Crippen molar-refractivity contribution in [2.75, 3.05) is 4.90 Å². The molecule has 170 valence electrons. The first-order valence-electron chi connectivity index (χ1n) is 12.0. The first-order chi connectivity index (χ1) is 17.2. The predicted molar refractivity (Wildman–Crippen MR) is 150 cm³/mol. The Labute approximate surface area is 208 Å². The Hall–Kier alpha value is -4.36. The smallest absolute Gasteiger partial charge is 0.0467 e. The highest BCUT2D eigenvalue weighted by molar-refractivity contribution is 5.92. The van der Waals surface area contributed by atoms with Crippen LogP contribution in [0.5, 0.6) is 0 Å². The van der Waals surface area contributed by atoms with Crippen LogP contribution in [0.4, 0.5) is 17.1 Å². The van der Waals surface area contributed by atoms with E-state index >= 15 is 0 Å². The summed E-state index contributed by atoms with van der Waals surface area (Å²) >= 11 is 0. The number of nitrogens with zero attached hydrogens (tertiary/aromatic N) is 1. The maximum Gasteiger partial charge on any atom is 0.0467 e. The zero-order valence-electron chi connectivity index (χ0n) is 20.2. The third-order valence-corrected chi connectivity index (χ3v) is 6.19. The third-order valence-electron chi connectivity index (χ3n) is 6.19. The van der Waals surface area contributed by atoms with E-state index in [4.69, 9.17) is 0 Å². The van der Waals surface area contributed by atoms with Gasteiger partial charge in [0.15, 0.2) is 0 Å². The van der Waals surface area contributed by atoms with Gasteiger partial charge in [-0.25, -0.2) is 0 Å². The van der Waals surface area contributed by atoms with E-state index in [-0.39, 0.29) is 0 Å². The fourth-order valence-electron chi connectivity index (χ4n) is 4.32. The molecule has 0 N–H and O–H groups in total. The van der Waals surface area contributed by atoms with Gasteiger partial charge in [0, 0.05) is 17.1 Å². The number of hydrogen-bond acceptors (Lipinski definition) is 1. The predicted octanol–water partition coefficient (Wildman–Crippen LogP) is 9.36. The number of anilines is 3. The van der Waals surface area contributed by atoms with Crippen molar-refractivity contribution >= 4 is 28.7 Å². The topological polar surface area (TPSA) is 3.24 Å². The molecule has 0 radical (unpaired) electrons. The molecule has 0 aromatic heterocycles. The second kappa shape index (κ2) is 10.3. The Morgan fingerprint density at radius 3 is 1.46 bits per heavy atom. The van der Waals surface area contributed by atoms with Crippen molar-refractivity contribution in [3.8, 4) is 0 Å². The first kappa shape index (κ1) is 22.4. The van der Waals surface area contributed by atoms with Gasteiger partial charge >= 0.3 is 0 Å². The van der Waals surface area contributed by atoms with E-state index in [0.29, 0.717) is 0 Å². The highest BCUT2D eigenvalue weighted by atomic mass is 15.1. The van der Waals surface area contributed by atoms with E-state index in [2.05, 4.69) is 158 Å². The molecule has 0 aliphatic carbocycles. The molecular formula is C34H29N. The molecule has 0 unspecified atom stereocenters. The lowest BCUT2D eigenvalue weighted by molar-refractivity contribution is 1.27. The lowest BCUT2D eigenvalue weighted by Gasteiger charge is -2.26. The Morgan fingerprint density at radius 1 is 0.486 bits per heavy atom. The molecule has 0 aliphatic rings. The largest absolute Gasteiger partial charge is 0.310 e. The van der Waals surface area contributed by atoms with Crippen molar-refractivity contribution in [1.82, 2.24) is 0 Å². The molecule has 0 heterocycles. The van der Waals surface area contributed by atoms with E-state index in [1.165, 1.54) is 27.8 Å². The van der Waals surface area contributed by atoms with Crippen LogP contribution in [-0.2, 0) is 0 Å². The summed E-state index contributed by atoms with van der Waals surface area (Å²) in [6.07, 6.45) is 2.29. The summed E-state index contributed by atoms with van der Waals surface area (Å²) in [6.45, 7) is 4.25. The second-order valence-corrected chi connectivity index (χ2v) is 8.89. The minimum atomic E-state index is 1.13. The van der Waals surface area contributed by atoms with Gasteiger partial charge in [-0.3, -0.25) is 0 Å².